The van der Waals surface area contributed by atoms with Crippen molar-refractivity contribution in [1.82, 2.24) is 9.97 Å². The van der Waals surface area contributed by atoms with Crippen LogP contribution in [0.2, 0.25) is 5.15 Å². The molecular formula is C13H14ClN3O2. The Morgan fingerprint density at radius 1 is 1.53 bits per heavy atom. The summed E-state index contributed by atoms with van der Waals surface area (Å²) in [5, 5.41) is 3.32. The molecule has 0 aliphatic heterocycles. The minimum atomic E-state index is 0.0511. The number of halogens is 1. The van der Waals surface area contributed by atoms with E-state index in [1.807, 2.05) is 19.1 Å². The second-order valence-electron chi connectivity index (χ2n) is 4.27. The van der Waals surface area contributed by atoms with Crippen LogP contribution in [0.15, 0.2) is 22.8 Å². The van der Waals surface area contributed by atoms with Crippen molar-refractivity contribution in [2.75, 3.05) is 5.32 Å². The molecule has 0 bridgehead atoms. The summed E-state index contributed by atoms with van der Waals surface area (Å²) in [4.78, 5) is 19.2. The molecule has 0 saturated carbocycles. The molecule has 1 N–H and O–H groups in total. The van der Waals surface area contributed by atoms with Gasteiger partial charge in [0.05, 0.1) is 11.8 Å². The lowest BCUT2D eigenvalue weighted by Gasteiger charge is -2.15. The van der Waals surface area contributed by atoms with Gasteiger partial charge < -0.3 is 9.73 Å². The minimum Gasteiger partial charge on any atom is -0.469 e. The number of aromatic nitrogens is 2. The van der Waals surface area contributed by atoms with Crippen LogP contribution in [0.4, 0.5) is 5.82 Å². The van der Waals surface area contributed by atoms with E-state index in [2.05, 4.69) is 15.3 Å². The van der Waals surface area contributed by atoms with Gasteiger partial charge in [-0.15, -0.1) is 0 Å². The molecule has 2 rings (SSSR count). The largest absolute Gasteiger partial charge is 0.469 e. The first kappa shape index (κ1) is 13.5. The van der Waals surface area contributed by atoms with E-state index in [1.54, 1.807) is 13.2 Å². The molecule has 2 heterocycles. The molecule has 2 aromatic rings. The summed E-state index contributed by atoms with van der Waals surface area (Å²) in [5.74, 6) is 1.83. The number of aryl methyl sites for hydroxylation is 1. The fourth-order valence-electron chi connectivity index (χ4n) is 1.78. The van der Waals surface area contributed by atoms with E-state index in [9.17, 15) is 4.79 Å². The highest BCUT2D eigenvalue weighted by Gasteiger charge is 2.14. The Hall–Kier alpha value is -1.88. The zero-order valence-electron chi connectivity index (χ0n) is 10.7. The van der Waals surface area contributed by atoms with Gasteiger partial charge in [0.1, 0.15) is 22.6 Å². The average Bonchev–Trinajstić information content (AvgIpc) is 2.81. The summed E-state index contributed by atoms with van der Waals surface area (Å²) in [7, 11) is 0. The lowest BCUT2D eigenvalue weighted by molar-refractivity contribution is 0.112. The van der Waals surface area contributed by atoms with Gasteiger partial charge in [-0.3, -0.25) is 4.79 Å². The van der Waals surface area contributed by atoms with Gasteiger partial charge in [-0.2, -0.15) is 0 Å². The third kappa shape index (κ3) is 3.32. The van der Waals surface area contributed by atoms with Crippen molar-refractivity contribution in [2.45, 2.75) is 26.3 Å². The van der Waals surface area contributed by atoms with Crippen molar-refractivity contribution in [1.29, 1.82) is 0 Å². The lowest BCUT2D eigenvalue weighted by atomic mass is 10.2. The summed E-state index contributed by atoms with van der Waals surface area (Å²) < 4.78 is 5.28. The van der Waals surface area contributed by atoms with E-state index in [0.29, 0.717) is 24.3 Å². The summed E-state index contributed by atoms with van der Waals surface area (Å²) in [6.07, 6.45) is 2.97. The van der Waals surface area contributed by atoms with E-state index >= 15 is 0 Å². The van der Waals surface area contributed by atoms with Crippen molar-refractivity contribution < 1.29 is 9.21 Å². The zero-order chi connectivity index (χ0) is 13.8. The second kappa shape index (κ2) is 5.84. The first-order chi connectivity index (χ1) is 9.10. The number of hydrogen-bond donors (Lipinski definition) is 1. The van der Waals surface area contributed by atoms with Gasteiger partial charge in [-0.1, -0.05) is 11.6 Å². The minimum absolute atomic E-state index is 0.0511. The van der Waals surface area contributed by atoms with E-state index in [-0.39, 0.29) is 16.8 Å². The number of furan rings is 1. The van der Waals surface area contributed by atoms with Crippen LogP contribution in [0, 0.1) is 6.92 Å². The predicted octanol–water partition coefficient (Wildman–Crippen LogP) is 2.89. The molecule has 6 heteroatoms. The van der Waals surface area contributed by atoms with Gasteiger partial charge in [-0.05, 0) is 26.0 Å². The average molecular weight is 280 g/mol. The van der Waals surface area contributed by atoms with Crippen LogP contribution in [0.3, 0.4) is 0 Å². The molecule has 19 heavy (non-hydrogen) atoms. The van der Waals surface area contributed by atoms with E-state index in [4.69, 9.17) is 16.0 Å². The number of carbonyl (C=O) groups excluding carboxylic acids is 1. The van der Waals surface area contributed by atoms with E-state index in [0.717, 1.165) is 5.76 Å². The second-order valence-corrected chi connectivity index (χ2v) is 4.63. The Kier molecular flexibility index (Phi) is 4.16. The van der Waals surface area contributed by atoms with Gasteiger partial charge in [0.2, 0.25) is 0 Å². The quantitative estimate of drug-likeness (QED) is 0.673. The Morgan fingerprint density at radius 2 is 2.32 bits per heavy atom. The van der Waals surface area contributed by atoms with Gasteiger partial charge in [0, 0.05) is 12.5 Å². The Bertz CT molecular complexity index is 570. The maximum atomic E-state index is 11.0. The maximum absolute atomic E-state index is 11.0. The van der Waals surface area contributed by atoms with E-state index < -0.39 is 0 Å². The Balaban J connectivity index is 2.16. The van der Waals surface area contributed by atoms with Crippen molar-refractivity contribution >= 4 is 23.7 Å². The lowest BCUT2D eigenvalue weighted by Crippen LogP contribution is -2.20. The molecular weight excluding hydrogens is 266 g/mol. The summed E-state index contributed by atoms with van der Waals surface area (Å²) in [5.41, 5.74) is 0.276. The molecule has 0 aliphatic carbocycles. The highest BCUT2D eigenvalue weighted by atomic mass is 35.5. The van der Waals surface area contributed by atoms with Crippen molar-refractivity contribution in [3.8, 4) is 0 Å². The molecule has 5 nitrogen and oxygen atoms in total. The first-order valence-corrected chi connectivity index (χ1v) is 6.26. The smallest absolute Gasteiger partial charge is 0.156 e. The normalized spacial score (nSPS) is 12.2. The molecule has 0 fully saturated rings. The summed E-state index contributed by atoms with van der Waals surface area (Å²) in [6, 6.07) is 3.79. The topological polar surface area (TPSA) is 68.0 Å². The monoisotopic (exact) mass is 279 g/mol. The van der Waals surface area contributed by atoms with Gasteiger partial charge in [-0.25, -0.2) is 9.97 Å². The van der Waals surface area contributed by atoms with Crippen LogP contribution < -0.4 is 5.32 Å². The SMILES string of the molecule is Cc1nc(Cl)c(C=O)c(NC(C)Cc2ccco2)n1. The molecule has 0 spiro atoms. The fourth-order valence-corrected chi connectivity index (χ4v) is 2.03. The van der Waals surface area contributed by atoms with Crippen LogP contribution in [0.1, 0.15) is 28.9 Å². The van der Waals surface area contributed by atoms with Crippen LogP contribution in [0.25, 0.3) is 0 Å². The third-order valence-electron chi connectivity index (χ3n) is 2.60. The molecule has 0 saturated heterocycles. The van der Waals surface area contributed by atoms with Crippen LogP contribution in [-0.2, 0) is 6.42 Å². The maximum Gasteiger partial charge on any atom is 0.156 e. The van der Waals surface area contributed by atoms with Crippen LogP contribution in [-0.4, -0.2) is 22.3 Å². The number of nitrogens with one attached hydrogen (secondary N) is 1. The predicted molar refractivity (Wildman–Crippen MR) is 72.7 cm³/mol. The molecule has 1 atom stereocenters. The number of carbonyl (C=O) groups is 1. The third-order valence-corrected chi connectivity index (χ3v) is 2.89. The molecule has 0 aliphatic rings. The number of aldehydes is 1. The number of nitrogens with zero attached hydrogens (tertiary/aromatic N) is 2. The molecule has 100 valence electrons. The molecule has 0 radical (unpaired) electrons. The standard InChI is InChI=1S/C13H14ClN3O2/c1-8(6-10-4-3-5-19-10)15-13-11(7-18)12(14)16-9(2)17-13/h3-5,7-8H,6H2,1-2H3,(H,15,16,17). The number of rotatable bonds is 5. The summed E-state index contributed by atoms with van der Waals surface area (Å²) in [6.45, 7) is 3.70. The van der Waals surface area contributed by atoms with Gasteiger partial charge >= 0.3 is 0 Å². The number of anilines is 1. The zero-order valence-corrected chi connectivity index (χ0v) is 11.4. The number of hydrogen-bond acceptors (Lipinski definition) is 5. The molecule has 1 unspecified atom stereocenters. The first-order valence-electron chi connectivity index (χ1n) is 5.88. The van der Waals surface area contributed by atoms with Crippen molar-refractivity contribution in [2.24, 2.45) is 0 Å². The molecule has 0 aromatic carbocycles. The van der Waals surface area contributed by atoms with E-state index in [1.165, 1.54) is 0 Å². The Morgan fingerprint density at radius 3 is 2.95 bits per heavy atom. The highest BCUT2D eigenvalue weighted by Crippen LogP contribution is 2.20. The Labute approximate surface area is 116 Å². The van der Waals surface area contributed by atoms with Crippen LogP contribution >= 0.6 is 11.6 Å². The van der Waals surface area contributed by atoms with Crippen molar-refractivity contribution in [3.63, 3.8) is 0 Å². The van der Waals surface area contributed by atoms with Crippen molar-refractivity contribution in [3.05, 3.63) is 40.7 Å². The molecule has 0 amide bonds. The fraction of sp³-hybridized carbons (Fsp3) is 0.308. The van der Waals surface area contributed by atoms with Gasteiger partial charge in [0.15, 0.2) is 6.29 Å². The molecule has 2 aromatic heterocycles. The summed E-state index contributed by atoms with van der Waals surface area (Å²) >= 11 is 5.92. The van der Waals surface area contributed by atoms with Gasteiger partial charge in [0.25, 0.3) is 0 Å². The van der Waals surface area contributed by atoms with Crippen LogP contribution in [0.5, 0.6) is 0 Å². The highest BCUT2D eigenvalue weighted by molar-refractivity contribution is 6.32.